The van der Waals surface area contributed by atoms with Crippen molar-refractivity contribution >= 4 is 18.4 Å². The van der Waals surface area contributed by atoms with Gasteiger partial charge in [-0.05, 0) is 17.7 Å². The lowest BCUT2D eigenvalue weighted by Gasteiger charge is -2.05. The molecule has 0 aliphatic heterocycles. The van der Waals surface area contributed by atoms with Crippen molar-refractivity contribution in [3.05, 3.63) is 42.0 Å². The number of carbonyl (C=O) groups excluding carboxylic acids is 1. The second kappa shape index (κ2) is 3.72. The van der Waals surface area contributed by atoms with Gasteiger partial charge in [-0.15, -0.1) is 0 Å². The largest absolute Gasteiger partial charge is 0.507 e. The minimum Gasteiger partial charge on any atom is -0.507 e. The number of hydrogen-bond acceptors (Lipinski definition) is 2. The van der Waals surface area contributed by atoms with Gasteiger partial charge in [0.15, 0.2) is 6.29 Å². The normalized spacial score (nSPS) is 9.23. The average Bonchev–Trinajstić information content (AvgIpc) is 2.17. The van der Waals surface area contributed by atoms with Crippen LogP contribution in [0.25, 0.3) is 12.2 Å². The van der Waals surface area contributed by atoms with E-state index < -0.39 is 0 Å². The van der Waals surface area contributed by atoms with Crippen molar-refractivity contribution in [1.82, 2.24) is 0 Å². The van der Waals surface area contributed by atoms with Crippen LogP contribution in [0.2, 0.25) is 0 Å². The van der Waals surface area contributed by atoms with Crippen molar-refractivity contribution in [1.29, 1.82) is 0 Å². The van der Waals surface area contributed by atoms with Crippen LogP contribution in [0.15, 0.2) is 25.3 Å². The molecule has 66 valence electrons. The predicted octanol–water partition coefficient (Wildman–Crippen LogP) is 2.49. The first kappa shape index (κ1) is 9.26. The Balaban J connectivity index is 3.53. The zero-order chi connectivity index (χ0) is 9.84. The fraction of sp³-hybridized carbons (Fsp3) is 0. The first-order chi connectivity index (χ1) is 6.24. The molecule has 0 aliphatic rings. The van der Waals surface area contributed by atoms with Crippen molar-refractivity contribution < 1.29 is 9.90 Å². The number of carbonyl (C=O) groups is 1. The van der Waals surface area contributed by atoms with E-state index in [9.17, 15) is 9.90 Å². The molecule has 1 rings (SSSR count). The number of benzene rings is 1. The van der Waals surface area contributed by atoms with Gasteiger partial charge in [0.1, 0.15) is 5.75 Å². The third-order valence-electron chi connectivity index (χ3n) is 1.83. The van der Waals surface area contributed by atoms with Gasteiger partial charge in [0, 0.05) is 11.1 Å². The highest BCUT2D eigenvalue weighted by molar-refractivity contribution is 5.86. The Kier molecular flexibility index (Phi) is 2.65. The summed E-state index contributed by atoms with van der Waals surface area (Å²) in [6.45, 7) is 7.12. The van der Waals surface area contributed by atoms with Crippen LogP contribution in [0.1, 0.15) is 21.5 Å². The molecular formula is C11H10O2. The number of hydrogen-bond donors (Lipinski definition) is 1. The van der Waals surface area contributed by atoms with E-state index in [1.54, 1.807) is 6.07 Å². The Hall–Kier alpha value is -1.83. The Bertz CT molecular complexity index is 365. The summed E-state index contributed by atoms with van der Waals surface area (Å²) in [5, 5.41) is 9.41. The Labute approximate surface area is 76.8 Å². The molecule has 0 radical (unpaired) electrons. The standard InChI is InChI=1S/C11H10O2/c1-3-9-8(7-12)5-6-11(13)10(9)4-2/h3-7,13H,1-2H2. The van der Waals surface area contributed by atoms with Gasteiger partial charge in [-0.3, -0.25) is 4.79 Å². The maximum Gasteiger partial charge on any atom is 0.150 e. The average molecular weight is 174 g/mol. The summed E-state index contributed by atoms with van der Waals surface area (Å²) in [6.07, 6.45) is 3.75. The maximum absolute atomic E-state index is 10.6. The van der Waals surface area contributed by atoms with Crippen molar-refractivity contribution in [3.8, 4) is 5.75 Å². The molecule has 0 aromatic heterocycles. The molecule has 1 N–H and O–H groups in total. The quantitative estimate of drug-likeness (QED) is 0.715. The van der Waals surface area contributed by atoms with Crippen molar-refractivity contribution in [2.75, 3.05) is 0 Å². The highest BCUT2D eigenvalue weighted by Crippen LogP contribution is 2.25. The molecule has 1 aromatic carbocycles. The lowest BCUT2D eigenvalue weighted by molar-refractivity contribution is 0.112. The summed E-state index contributed by atoms with van der Waals surface area (Å²) in [7, 11) is 0. The van der Waals surface area contributed by atoms with Crippen LogP contribution in [-0.2, 0) is 0 Å². The molecule has 0 unspecified atom stereocenters. The van der Waals surface area contributed by atoms with Crippen LogP contribution in [-0.4, -0.2) is 11.4 Å². The lowest BCUT2D eigenvalue weighted by atomic mass is 10.0. The van der Waals surface area contributed by atoms with E-state index in [2.05, 4.69) is 13.2 Å². The third kappa shape index (κ3) is 1.51. The molecule has 0 fully saturated rings. The van der Waals surface area contributed by atoms with Gasteiger partial charge in [0.05, 0.1) is 0 Å². The number of aromatic hydroxyl groups is 1. The predicted molar refractivity (Wildman–Crippen MR) is 53.7 cm³/mol. The molecule has 2 heteroatoms. The van der Waals surface area contributed by atoms with E-state index in [1.165, 1.54) is 18.2 Å². The smallest absolute Gasteiger partial charge is 0.150 e. The number of aldehydes is 1. The van der Waals surface area contributed by atoms with Crippen LogP contribution in [0.5, 0.6) is 5.75 Å². The highest BCUT2D eigenvalue weighted by Gasteiger charge is 2.06. The molecule has 2 nitrogen and oxygen atoms in total. The summed E-state index contributed by atoms with van der Waals surface area (Å²) in [6, 6.07) is 3.01. The summed E-state index contributed by atoms with van der Waals surface area (Å²) < 4.78 is 0. The lowest BCUT2D eigenvalue weighted by Crippen LogP contribution is -1.90. The topological polar surface area (TPSA) is 37.3 Å². The SMILES string of the molecule is C=Cc1c(O)ccc(C=O)c1C=C. The Morgan fingerprint density at radius 2 is 1.77 bits per heavy atom. The third-order valence-corrected chi connectivity index (χ3v) is 1.83. The van der Waals surface area contributed by atoms with Crippen molar-refractivity contribution in [3.63, 3.8) is 0 Å². The molecule has 0 atom stereocenters. The van der Waals surface area contributed by atoms with E-state index in [0.29, 0.717) is 16.7 Å². The summed E-state index contributed by atoms with van der Waals surface area (Å²) in [4.78, 5) is 10.6. The molecule has 13 heavy (non-hydrogen) atoms. The zero-order valence-electron chi connectivity index (χ0n) is 7.16. The maximum atomic E-state index is 10.6. The minimum absolute atomic E-state index is 0.107. The zero-order valence-corrected chi connectivity index (χ0v) is 7.16. The van der Waals surface area contributed by atoms with Gasteiger partial charge in [-0.25, -0.2) is 0 Å². The second-order valence-electron chi connectivity index (χ2n) is 2.53. The van der Waals surface area contributed by atoms with Crippen molar-refractivity contribution in [2.45, 2.75) is 0 Å². The molecule has 0 saturated carbocycles. The van der Waals surface area contributed by atoms with E-state index in [-0.39, 0.29) is 5.75 Å². The van der Waals surface area contributed by atoms with Gasteiger partial charge in [0.25, 0.3) is 0 Å². The minimum atomic E-state index is 0.107. The molecule has 0 bridgehead atoms. The molecule has 0 aliphatic carbocycles. The first-order valence-corrected chi connectivity index (χ1v) is 3.80. The van der Waals surface area contributed by atoms with E-state index in [0.717, 1.165) is 6.29 Å². The van der Waals surface area contributed by atoms with Crippen LogP contribution in [0.4, 0.5) is 0 Å². The molecule has 0 amide bonds. The number of phenols is 1. The number of phenolic OH excluding ortho intramolecular Hbond substituents is 1. The van der Waals surface area contributed by atoms with Gasteiger partial charge in [-0.2, -0.15) is 0 Å². The van der Waals surface area contributed by atoms with Gasteiger partial charge in [-0.1, -0.05) is 25.3 Å². The fourth-order valence-corrected chi connectivity index (χ4v) is 1.19. The van der Waals surface area contributed by atoms with Crippen LogP contribution in [0.3, 0.4) is 0 Å². The summed E-state index contributed by atoms with van der Waals surface area (Å²) in [5.74, 6) is 0.107. The Morgan fingerprint density at radius 3 is 2.23 bits per heavy atom. The van der Waals surface area contributed by atoms with Crippen LogP contribution in [0, 0.1) is 0 Å². The summed E-state index contributed by atoms with van der Waals surface area (Å²) >= 11 is 0. The van der Waals surface area contributed by atoms with Gasteiger partial charge in [0.2, 0.25) is 0 Å². The van der Waals surface area contributed by atoms with E-state index >= 15 is 0 Å². The van der Waals surface area contributed by atoms with Crippen LogP contribution >= 0.6 is 0 Å². The van der Waals surface area contributed by atoms with Crippen molar-refractivity contribution in [2.24, 2.45) is 0 Å². The fourth-order valence-electron chi connectivity index (χ4n) is 1.19. The Morgan fingerprint density at radius 1 is 1.15 bits per heavy atom. The highest BCUT2D eigenvalue weighted by atomic mass is 16.3. The molecule has 1 aromatic rings. The molecule has 0 saturated heterocycles. The molecule has 0 spiro atoms. The molecular weight excluding hydrogens is 164 g/mol. The monoisotopic (exact) mass is 174 g/mol. The van der Waals surface area contributed by atoms with E-state index in [4.69, 9.17) is 0 Å². The summed E-state index contributed by atoms with van der Waals surface area (Å²) in [5.41, 5.74) is 1.66. The molecule has 0 heterocycles. The first-order valence-electron chi connectivity index (χ1n) is 3.80. The number of rotatable bonds is 3. The van der Waals surface area contributed by atoms with Crippen LogP contribution < -0.4 is 0 Å². The second-order valence-corrected chi connectivity index (χ2v) is 2.53. The van der Waals surface area contributed by atoms with Gasteiger partial charge < -0.3 is 5.11 Å². The van der Waals surface area contributed by atoms with E-state index in [1.807, 2.05) is 0 Å². The van der Waals surface area contributed by atoms with Gasteiger partial charge >= 0.3 is 0 Å².